The minimum absolute atomic E-state index is 0.0842. The van der Waals surface area contributed by atoms with E-state index in [0.29, 0.717) is 0 Å². The van der Waals surface area contributed by atoms with Crippen LogP contribution in [0.1, 0.15) is 18.9 Å². The minimum atomic E-state index is -4.44. The van der Waals surface area contributed by atoms with Crippen molar-refractivity contribution in [1.82, 2.24) is 0 Å². The molecule has 2 bridgehead atoms. The highest BCUT2D eigenvalue weighted by Crippen LogP contribution is 2.55. The van der Waals surface area contributed by atoms with E-state index in [2.05, 4.69) is 6.08 Å². The van der Waals surface area contributed by atoms with Crippen LogP contribution in [-0.4, -0.2) is 11.8 Å². The quantitative estimate of drug-likeness (QED) is 0.587. The van der Waals surface area contributed by atoms with Crippen LogP contribution < -0.4 is 4.90 Å². The average molecular weight is 321 g/mol. The summed E-state index contributed by atoms with van der Waals surface area (Å²) in [5.41, 5.74) is 0.573. The van der Waals surface area contributed by atoms with Crippen molar-refractivity contribution >= 4 is 17.5 Å². The SMILES string of the molecule is CC1=CC2CC1C1C(=O)N(c3ccc(C(F)(F)F)cc3)C(=O)C21. The van der Waals surface area contributed by atoms with Gasteiger partial charge in [-0.2, -0.15) is 13.2 Å². The van der Waals surface area contributed by atoms with E-state index in [-0.39, 0.29) is 41.2 Å². The minimum Gasteiger partial charge on any atom is -0.274 e. The summed E-state index contributed by atoms with van der Waals surface area (Å²) in [6, 6.07) is 4.20. The molecule has 1 aromatic rings. The van der Waals surface area contributed by atoms with Gasteiger partial charge in [0.15, 0.2) is 0 Å². The molecule has 3 aliphatic rings. The number of hydrogen-bond donors (Lipinski definition) is 0. The third-order valence-corrected chi connectivity index (χ3v) is 5.33. The van der Waals surface area contributed by atoms with Gasteiger partial charge >= 0.3 is 6.18 Å². The van der Waals surface area contributed by atoms with Gasteiger partial charge in [-0.05, 0) is 49.4 Å². The molecule has 2 amide bonds. The second-order valence-corrected chi connectivity index (χ2v) is 6.52. The molecular weight excluding hydrogens is 307 g/mol. The number of amides is 2. The number of carbonyl (C=O) groups is 2. The van der Waals surface area contributed by atoms with E-state index in [9.17, 15) is 22.8 Å². The summed E-state index contributed by atoms with van der Waals surface area (Å²) in [6.45, 7) is 1.97. The molecule has 6 heteroatoms. The van der Waals surface area contributed by atoms with Crippen LogP contribution in [-0.2, 0) is 15.8 Å². The van der Waals surface area contributed by atoms with Crippen LogP contribution in [0, 0.1) is 23.7 Å². The van der Waals surface area contributed by atoms with Gasteiger partial charge in [0.05, 0.1) is 23.1 Å². The first kappa shape index (κ1) is 14.5. The Morgan fingerprint density at radius 2 is 1.65 bits per heavy atom. The first-order chi connectivity index (χ1) is 10.8. The van der Waals surface area contributed by atoms with Crippen molar-refractivity contribution in [2.24, 2.45) is 23.7 Å². The lowest BCUT2D eigenvalue weighted by Gasteiger charge is -2.19. The Morgan fingerprint density at radius 3 is 2.26 bits per heavy atom. The molecule has 2 aliphatic carbocycles. The van der Waals surface area contributed by atoms with Gasteiger partial charge < -0.3 is 0 Å². The standard InChI is InChI=1S/C17H14F3NO2/c1-8-6-9-7-12(8)14-13(9)15(22)21(16(14)23)11-4-2-10(3-5-11)17(18,19)20/h2-6,9,12-14H,7H2,1H3. The fourth-order valence-electron chi connectivity index (χ4n) is 4.33. The van der Waals surface area contributed by atoms with Crippen LogP contribution in [0.15, 0.2) is 35.9 Å². The summed E-state index contributed by atoms with van der Waals surface area (Å²) < 4.78 is 37.9. The van der Waals surface area contributed by atoms with Crippen molar-refractivity contribution < 1.29 is 22.8 Å². The normalized spacial score (nSPS) is 32.5. The summed E-state index contributed by atoms with van der Waals surface area (Å²) in [4.78, 5) is 26.4. The number of hydrogen-bond acceptors (Lipinski definition) is 2. The number of rotatable bonds is 1. The largest absolute Gasteiger partial charge is 0.416 e. The molecule has 120 valence electrons. The van der Waals surface area contributed by atoms with Gasteiger partial charge in [0.25, 0.3) is 0 Å². The van der Waals surface area contributed by atoms with Crippen LogP contribution in [0.4, 0.5) is 18.9 Å². The molecule has 4 atom stereocenters. The summed E-state index contributed by atoms with van der Waals surface area (Å²) in [6.07, 6.45) is -1.54. The highest BCUT2D eigenvalue weighted by atomic mass is 19.4. The molecule has 23 heavy (non-hydrogen) atoms. The molecule has 4 rings (SSSR count). The zero-order chi connectivity index (χ0) is 16.5. The first-order valence-corrected chi connectivity index (χ1v) is 7.52. The Balaban J connectivity index is 1.67. The van der Waals surface area contributed by atoms with Crippen molar-refractivity contribution in [3.63, 3.8) is 0 Å². The molecule has 1 aliphatic heterocycles. The lowest BCUT2D eigenvalue weighted by Crippen LogP contribution is -2.33. The van der Waals surface area contributed by atoms with Crippen molar-refractivity contribution in [3.05, 3.63) is 41.5 Å². The summed E-state index contributed by atoms with van der Waals surface area (Å²) in [7, 11) is 0. The topological polar surface area (TPSA) is 37.4 Å². The van der Waals surface area contributed by atoms with E-state index in [1.807, 2.05) is 6.92 Å². The molecule has 0 radical (unpaired) electrons. The van der Waals surface area contributed by atoms with Crippen LogP contribution in [0.2, 0.25) is 0 Å². The summed E-state index contributed by atoms with van der Waals surface area (Å²) in [5, 5.41) is 0. The fraction of sp³-hybridized carbons (Fsp3) is 0.412. The predicted molar refractivity (Wildman–Crippen MR) is 76.3 cm³/mol. The van der Waals surface area contributed by atoms with E-state index in [1.54, 1.807) is 0 Å². The maximum Gasteiger partial charge on any atom is 0.416 e. The third-order valence-electron chi connectivity index (χ3n) is 5.33. The Labute approximate surface area is 130 Å². The Bertz CT molecular complexity index is 735. The van der Waals surface area contributed by atoms with Gasteiger partial charge in [0.2, 0.25) is 11.8 Å². The molecule has 2 fully saturated rings. The van der Waals surface area contributed by atoms with E-state index in [1.165, 1.54) is 12.1 Å². The maximum absolute atomic E-state index is 12.7. The second kappa shape index (κ2) is 4.46. The summed E-state index contributed by atoms with van der Waals surface area (Å²) in [5.74, 6) is -1.07. The molecule has 0 N–H and O–H groups in total. The number of halogens is 3. The van der Waals surface area contributed by atoms with Crippen LogP contribution in [0.5, 0.6) is 0 Å². The number of nitrogens with zero attached hydrogens (tertiary/aromatic N) is 1. The van der Waals surface area contributed by atoms with Gasteiger partial charge in [0, 0.05) is 0 Å². The number of imide groups is 1. The van der Waals surface area contributed by atoms with E-state index < -0.39 is 11.7 Å². The van der Waals surface area contributed by atoms with Crippen LogP contribution >= 0.6 is 0 Å². The zero-order valence-corrected chi connectivity index (χ0v) is 12.3. The number of allylic oxidation sites excluding steroid dienone is 2. The van der Waals surface area contributed by atoms with Gasteiger partial charge in [-0.3, -0.25) is 14.5 Å². The van der Waals surface area contributed by atoms with Crippen LogP contribution in [0.25, 0.3) is 0 Å². The van der Waals surface area contributed by atoms with Gasteiger partial charge in [-0.15, -0.1) is 0 Å². The smallest absolute Gasteiger partial charge is 0.274 e. The monoisotopic (exact) mass is 321 g/mol. The van der Waals surface area contributed by atoms with E-state index in [4.69, 9.17) is 0 Å². The highest BCUT2D eigenvalue weighted by Gasteiger charge is 2.60. The summed E-state index contributed by atoms with van der Waals surface area (Å²) >= 11 is 0. The maximum atomic E-state index is 12.7. The van der Waals surface area contributed by atoms with Crippen molar-refractivity contribution in [2.45, 2.75) is 19.5 Å². The Hall–Kier alpha value is -2.11. The molecule has 1 saturated heterocycles. The number of carbonyl (C=O) groups excluding carboxylic acids is 2. The van der Waals surface area contributed by atoms with Gasteiger partial charge in [-0.25, -0.2) is 0 Å². The lowest BCUT2D eigenvalue weighted by molar-refractivity contribution is -0.137. The van der Waals surface area contributed by atoms with Crippen molar-refractivity contribution in [2.75, 3.05) is 4.90 Å². The second-order valence-electron chi connectivity index (χ2n) is 6.52. The number of benzene rings is 1. The average Bonchev–Trinajstić information content (AvgIpc) is 3.10. The molecule has 1 aromatic carbocycles. The molecule has 1 saturated carbocycles. The van der Waals surface area contributed by atoms with E-state index >= 15 is 0 Å². The van der Waals surface area contributed by atoms with Crippen molar-refractivity contribution in [3.8, 4) is 0 Å². The first-order valence-electron chi connectivity index (χ1n) is 7.52. The Morgan fingerprint density at radius 1 is 1.04 bits per heavy atom. The number of fused-ring (bicyclic) bond motifs is 5. The fourth-order valence-corrected chi connectivity index (χ4v) is 4.33. The Kier molecular flexibility index (Phi) is 2.81. The molecule has 0 aromatic heterocycles. The molecule has 0 spiro atoms. The van der Waals surface area contributed by atoms with Gasteiger partial charge in [-0.1, -0.05) is 11.6 Å². The molecule has 3 nitrogen and oxygen atoms in total. The van der Waals surface area contributed by atoms with Crippen LogP contribution in [0.3, 0.4) is 0 Å². The molecule has 1 heterocycles. The lowest BCUT2D eigenvalue weighted by atomic mass is 9.82. The van der Waals surface area contributed by atoms with E-state index in [0.717, 1.165) is 29.0 Å². The highest BCUT2D eigenvalue weighted by molar-refractivity contribution is 6.22. The molecular formula is C17H14F3NO2. The van der Waals surface area contributed by atoms with Gasteiger partial charge in [0.1, 0.15) is 0 Å². The van der Waals surface area contributed by atoms with Crippen molar-refractivity contribution in [1.29, 1.82) is 0 Å². The predicted octanol–water partition coefficient (Wildman–Crippen LogP) is 3.41. The molecule has 4 unspecified atom stereocenters. The third kappa shape index (κ3) is 1.90. The zero-order valence-electron chi connectivity index (χ0n) is 12.3. The number of alkyl halides is 3. The number of anilines is 1.